The third kappa shape index (κ3) is 5.43. The lowest BCUT2D eigenvalue weighted by atomic mass is 9.69. The first-order chi connectivity index (χ1) is 9.24. The van der Waals surface area contributed by atoms with E-state index in [2.05, 4.69) is 39.9 Å². The van der Waals surface area contributed by atoms with Gasteiger partial charge in [-0.2, -0.15) is 0 Å². The number of hydrogen-bond acceptors (Lipinski definition) is 2. The van der Waals surface area contributed by atoms with Crippen molar-refractivity contribution in [2.24, 2.45) is 23.2 Å². The molecule has 0 aromatic carbocycles. The average Bonchev–Trinajstić information content (AvgIpc) is 2.36. The molecule has 0 aliphatic heterocycles. The summed E-state index contributed by atoms with van der Waals surface area (Å²) in [4.78, 5) is 12.3. The summed E-state index contributed by atoms with van der Waals surface area (Å²) in [6.45, 7) is 11.2. The molecule has 1 rings (SSSR count). The highest BCUT2D eigenvalue weighted by Gasteiger charge is 2.32. The molecule has 1 aliphatic rings. The van der Waals surface area contributed by atoms with Crippen LogP contribution < -0.4 is 5.32 Å². The van der Waals surface area contributed by atoms with E-state index in [1.54, 1.807) is 0 Å². The Kier molecular flexibility index (Phi) is 6.50. The molecule has 3 heteroatoms. The first-order valence-electron chi connectivity index (χ1n) is 8.15. The maximum atomic E-state index is 12.3. The number of carbonyl (C=O) groups is 1. The fourth-order valence-electron chi connectivity index (χ4n) is 3.29. The van der Waals surface area contributed by atoms with E-state index in [0.29, 0.717) is 11.3 Å². The predicted molar refractivity (Wildman–Crippen MR) is 83.4 cm³/mol. The van der Waals surface area contributed by atoms with E-state index in [0.717, 1.165) is 38.0 Å². The fourth-order valence-corrected chi connectivity index (χ4v) is 3.29. The number of rotatable bonds is 5. The maximum absolute atomic E-state index is 12.3. The first-order valence-corrected chi connectivity index (χ1v) is 8.15. The van der Waals surface area contributed by atoms with Crippen LogP contribution in [0.15, 0.2) is 0 Å². The summed E-state index contributed by atoms with van der Waals surface area (Å²) in [5.74, 6) is 1.52. The second-order valence-corrected chi connectivity index (χ2v) is 7.93. The van der Waals surface area contributed by atoms with Gasteiger partial charge in [-0.3, -0.25) is 4.79 Å². The highest BCUT2D eigenvalue weighted by molar-refractivity contribution is 5.79. The lowest BCUT2D eigenvalue weighted by Gasteiger charge is -2.36. The number of amides is 1. The molecule has 1 aliphatic carbocycles. The van der Waals surface area contributed by atoms with Gasteiger partial charge in [-0.15, -0.1) is 0 Å². The van der Waals surface area contributed by atoms with Crippen molar-refractivity contribution in [1.82, 2.24) is 5.32 Å². The summed E-state index contributed by atoms with van der Waals surface area (Å²) >= 11 is 0. The van der Waals surface area contributed by atoms with Gasteiger partial charge in [0, 0.05) is 5.92 Å². The molecule has 20 heavy (non-hydrogen) atoms. The van der Waals surface area contributed by atoms with Gasteiger partial charge in [0.2, 0.25) is 5.91 Å². The van der Waals surface area contributed by atoms with E-state index in [1.807, 2.05) is 0 Å². The minimum absolute atomic E-state index is 0.0429. The number of aliphatic hydroxyl groups excluding tert-OH is 1. The summed E-state index contributed by atoms with van der Waals surface area (Å²) in [5, 5.41) is 12.4. The van der Waals surface area contributed by atoms with Crippen LogP contribution in [0, 0.1) is 23.2 Å². The molecular formula is C17H33NO2. The number of hydrogen-bond donors (Lipinski definition) is 2. The lowest BCUT2D eigenvalue weighted by Crippen LogP contribution is -2.43. The van der Waals surface area contributed by atoms with Crippen molar-refractivity contribution in [3.05, 3.63) is 0 Å². The van der Waals surface area contributed by atoms with Gasteiger partial charge in [-0.25, -0.2) is 0 Å². The molecule has 1 saturated carbocycles. The fraction of sp³-hybridized carbons (Fsp3) is 0.941. The maximum Gasteiger partial charge on any atom is 0.223 e. The molecule has 1 unspecified atom stereocenters. The van der Waals surface area contributed by atoms with E-state index >= 15 is 0 Å². The van der Waals surface area contributed by atoms with Gasteiger partial charge in [0.05, 0.1) is 12.6 Å². The summed E-state index contributed by atoms with van der Waals surface area (Å²) in [7, 11) is 0. The first kappa shape index (κ1) is 17.5. The Hall–Kier alpha value is -0.570. The van der Waals surface area contributed by atoms with Gasteiger partial charge in [0.25, 0.3) is 0 Å². The van der Waals surface area contributed by atoms with Gasteiger partial charge in [0.15, 0.2) is 0 Å². The van der Waals surface area contributed by atoms with Gasteiger partial charge in [-0.05, 0) is 49.4 Å². The molecule has 0 bridgehead atoms. The van der Waals surface area contributed by atoms with Gasteiger partial charge < -0.3 is 10.4 Å². The topological polar surface area (TPSA) is 49.3 Å². The molecule has 0 saturated heterocycles. The zero-order valence-electron chi connectivity index (χ0n) is 13.9. The van der Waals surface area contributed by atoms with Crippen molar-refractivity contribution in [2.75, 3.05) is 6.61 Å². The van der Waals surface area contributed by atoms with Crippen molar-refractivity contribution in [2.45, 2.75) is 72.8 Å². The molecular weight excluding hydrogens is 250 g/mol. The summed E-state index contributed by atoms with van der Waals surface area (Å²) in [6, 6.07) is -0.0807. The Morgan fingerprint density at radius 3 is 2.15 bits per heavy atom. The molecule has 118 valence electrons. The van der Waals surface area contributed by atoms with Gasteiger partial charge in [0.1, 0.15) is 0 Å². The molecule has 3 nitrogen and oxygen atoms in total. The van der Waals surface area contributed by atoms with Crippen LogP contribution in [0.5, 0.6) is 0 Å². The minimum Gasteiger partial charge on any atom is -0.394 e. The summed E-state index contributed by atoms with van der Waals surface area (Å²) in [6.07, 6.45) is 5.13. The van der Waals surface area contributed by atoms with Crippen LogP contribution in [0.4, 0.5) is 0 Å². The van der Waals surface area contributed by atoms with Crippen LogP contribution in [0.3, 0.4) is 0 Å². The second-order valence-electron chi connectivity index (χ2n) is 7.93. The molecule has 0 heterocycles. The third-order valence-electron chi connectivity index (χ3n) is 4.65. The van der Waals surface area contributed by atoms with Crippen LogP contribution in [0.1, 0.15) is 66.7 Å². The second kappa shape index (κ2) is 7.44. The largest absolute Gasteiger partial charge is 0.394 e. The van der Waals surface area contributed by atoms with Crippen LogP contribution >= 0.6 is 0 Å². The van der Waals surface area contributed by atoms with E-state index in [9.17, 15) is 9.90 Å². The average molecular weight is 283 g/mol. The zero-order valence-corrected chi connectivity index (χ0v) is 13.9. The number of aliphatic hydroxyl groups is 1. The Balaban J connectivity index is 2.42. The molecule has 2 N–H and O–H groups in total. The molecule has 1 fully saturated rings. The van der Waals surface area contributed by atoms with E-state index < -0.39 is 0 Å². The molecule has 1 amide bonds. The van der Waals surface area contributed by atoms with Crippen LogP contribution in [-0.2, 0) is 4.79 Å². The highest BCUT2D eigenvalue weighted by atomic mass is 16.3. The van der Waals surface area contributed by atoms with Crippen LogP contribution in [-0.4, -0.2) is 23.7 Å². The molecule has 0 aromatic rings. The Labute approximate surface area is 124 Å². The molecule has 0 aromatic heterocycles. The zero-order chi connectivity index (χ0) is 15.3. The lowest BCUT2D eigenvalue weighted by molar-refractivity contribution is -0.127. The highest BCUT2D eigenvalue weighted by Crippen LogP contribution is 2.39. The Morgan fingerprint density at radius 2 is 1.75 bits per heavy atom. The smallest absolute Gasteiger partial charge is 0.223 e. The van der Waals surface area contributed by atoms with Crippen molar-refractivity contribution in [3.8, 4) is 0 Å². The summed E-state index contributed by atoms with van der Waals surface area (Å²) in [5.41, 5.74) is 0.354. The molecule has 0 radical (unpaired) electrons. The molecule has 1 atom stereocenters. The minimum atomic E-state index is -0.0807. The van der Waals surface area contributed by atoms with Crippen molar-refractivity contribution in [3.63, 3.8) is 0 Å². The number of carbonyl (C=O) groups excluding carboxylic acids is 1. The van der Waals surface area contributed by atoms with Crippen LogP contribution in [0.25, 0.3) is 0 Å². The predicted octanol–water partition coefficient (Wildman–Crippen LogP) is 3.36. The third-order valence-corrected chi connectivity index (χ3v) is 4.65. The van der Waals surface area contributed by atoms with E-state index in [4.69, 9.17) is 0 Å². The quantitative estimate of drug-likeness (QED) is 0.813. The number of nitrogens with one attached hydrogen (secondary N) is 1. The normalized spacial score (nSPS) is 25.6. The Morgan fingerprint density at radius 1 is 1.20 bits per heavy atom. The van der Waals surface area contributed by atoms with E-state index in [1.165, 1.54) is 0 Å². The monoisotopic (exact) mass is 283 g/mol. The van der Waals surface area contributed by atoms with Crippen molar-refractivity contribution < 1.29 is 9.90 Å². The SMILES string of the molecule is CC(C)CC(CO)NC(=O)C1CCC(C(C)(C)C)CC1. The Bertz CT molecular complexity index is 299. The van der Waals surface area contributed by atoms with E-state index in [-0.39, 0.29) is 24.5 Å². The summed E-state index contributed by atoms with van der Waals surface area (Å²) < 4.78 is 0. The van der Waals surface area contributed by atoms with Crippen molar-refractivity contribution in [1.29, 1.82) is 0 Å². The van der Waals surface area contributed by atoms with Gasteiger partial charge in [-0.1, -0.05) is 34.6 Å². The van der Waals surface area contributed by atoms with Crippen molar-refractivity contribution >= 4 is 5.91 Å². The van der Waals surface area contributed by atoms with Gasteiger partial charge >= 0.3 is 0 Å². The standard InChI is InChI=1S/C17H33NO2/c1-12(2)10-15(11-19)18-16(20)13-6-8-14(9-7-13)17(3,4)5/h12-15,19H,6-11H2,1-5H3,(H,18,20). The molecule has 0 spiro atoms. The van der Waals surface area contributed by atoms with Crippen LogP contribution in [0.2, 0.25) is 0 Å².